The van der Waals surface area contributed by atoms with E-state index in [1.54, 1.807) is 7.11 Å². The second kappa shape index (κ2) is 7.07. The van der Waals surface area contributed by atoms with Crippen LogP contribution in [-0.2, 0) is 9.53 Å². The highest BCUT2D eigenvalue weighted by atomic mass is 16.5. The second-order valence-corrected chi connectivity index (χ2v) is 5.37. The van der Waals surface area contributed by atoms with E-state index in [0.29, 0.717) is 6.42 Å². The molecular weight excluding hydrogens is 232 g/mol. The van der Waals surface area contributed by atoms with E-state index in [4.69, 9.17) is 10.5 Å². The summed E-state index contributed by atoms with van der Waals surface area (Å²) in [7, 11) is 3.76. The molecular formula is C13H26N2O3. The first kappa shape index (κ1) is 15.4. The van der Waals surface area contributed by atoms with Crippen LogP contribution in [0.4, 0.5) is 0 Å². The number of hydrogen-bond acceptors (Lipinski definition) is 4. The molecule has 0 spiro atoms. The van der Waals surface area contributed by atoms with Crippen molar-refractivity contribution in [3.05, 3.63) is 0 Å². The molecule has 0 heterocycles. The highest BCUT2D eigenvalue weighted by Gasteiger charge is 2.45. The molecule has 2 unspecified atom stereocenters. The van der Waals surface area contributed by atoms with Crippen LogP contribution in [0.5, 0.6) is 0 Å². The number of rotatable bonds is 8. The van der Waals surface area contributed by atoms with Gasteiger partial charge in [-0.15, -0.1) is 0 Å². The Morgan fingerprint density at radius 2 is 2.28 bits per heavy atom. The van der Waals surface area contributed by atoms with Crippen molar-refractivity contribution in [2.24, 2.45) is 11.7 Å². The zero-order valence-corrected chi connectivity index (χ0v) is 11.5. The van der Waals surface area contributed by atoms with Crippen LogP contribution in [0.25, 0.3) is 0 Å². The lowest BCUT2D eigenvalue weighted by atomic mass is 9.85. The first-order chi connectivity index (χ1) is 8.50. The van der Waals surface area contributed by atoms with Gasteiger partial charge in [0.05, 0.1) is 0 Å². The number of hydrogen-bond donors (Lipinski definition) is 2. The molecule has 0 radical (unpaired) electrons. The van der Waals surface area contributed by atoms with Crippen LogP contribution in [-0.4, -0.2) is 55.4 Å². The molecule has 0 amide bonds. The number of aliphatic carboxylic acids is 1. The molecule has 5 nitrogen and oxygen atoms in total. The van der Waals surface area contributed by atoms with Gasteiger partial charge in [-0.3, -0.25) is 4.79 Å². The SMILES string of the molecule is COCCCN(C)CCC1CCCC1(N)C(=O)O. The summed E-state index contributed by atoms with van der Waals surface area (Å²) in [5, 5.41) is 9.23. The molecule has 0 saturated heterocycles. The average Bonchev–Trinajstić information content (AvgIpc) is 2.70. The Hall–Kier alpha value is -0.650. The Bertz CT molecular complexity index is 273. The Balaban J connectivity index is 2.32. The quantitative estimate of drug-likeness (QED) is 0.633. The minimum atomic E-state index is -0.993. The van der Waals surface area contributed by atoms with Crippen LogP contribution in [0.2, 0.25) is 0 Å². The third kappa shape index (κ3) is 3.93. The fourth-order valence-electron chi connectivity index (χ4n) is 2.75. The molecule has 3 N–H and O–H groups in total. The van der Waals surface area contributed by atoms with Gasteiger partial charge in [0.25, 0.3) is 0 Å². The minimum absolute atomic E-state index is 0.111. The van der Waals surface area contributed by atoms with Crippen molar-refractivity contribution in [1.82, 2.24) is 4.90 Å². The maximum Gasteiger partial charge on any atom is 0.323 e. The van der Waals surface area contributed by atoms with Crippen LogP contribution >= 0.6 is 0 Å². The van der Waals surface area contributed by atoms with Gasteiger partial charge in [-0.2, -0.15) is 0 Å². The Labute approximate surface area is 109 Å². The Morgan fingerprint density at radius 3 is 2.89 bits per heavy atom. The van der Waals surface area contributed by atoms with E-state index < -0.39 is 11.5 Å². The van der Waals surface area contributed by atoms with Gasteiger partial charge in [0.1, 0.15) is 5.54 Å². The van der Waals surface area contributed by atoms with Crippen molar-refractivity contribution in [3.63, 3.8) is 0 Å². The molecule has 0 aromatic heterocycles. The van der Waals surface area contributed by atoms with Gasteiger partial charge in [0.2, 0.25) is 0 Å². The third-order valence-electron chi connectivity index (χ3n) is 4.02. The first-order valence-corrected chi connectivity index (χ1v) is 6.70. The van der Waals surface area contributed by atoms with E-state index in [1.807, 2.05) is 0 Å². The highest BCUT2D eigenvalue weighted by Crippen LogP contribution is 2.36. The maximum absolute atomic E-state index is 11.2. The zero-order valence-electron chi connectivity index (χ0n) is 11.5. The van der Waals surface area contributed by atoms with Gasteiger partial charge in [-0.25, -0.2) is 0 Å². The van der Waals surface area contributed by atoms with Gasteiger partial charge in [-0.1, -0.05) is 6.42 Å². The molecule has 18 heavy (non-hydrogen) atoms. The largest absolute Gasteiger partial charge is 0.480 e. The molecule has 1 saturated carbocycles. The molecule has 106 valence electrons. The van der Waals surface area contributed by atoms with Crippen molar-refractivity contribution < 1.29 is 14.6 Å². The van der Waals surface area contributed by atoms with E-state index in [9.17, 15) is 9.90 Å². The van der Waals surface area contributed by atoms with Crippen LogP contribution in [0.15, 0.2) is 0 Å². The summed E-state index contributed by atoms with van der Waals surface area (Å²) < 4.78 is 5.01. The lowest BCUT2D eigenvalue weighted by Gasteiger charge is -2.28. The smallest absolute Gasteiger partial charge is 0.323 e. The summed E-state index contributed by atoms with van der Waals surface area (Å²) in [6.45, 7) is 2.65. The molecule has 5 heteroatoms. The molecule has 1 aliphatic carbocycles. The summed E-state index contributed by atoms with van der Waals surface area (Å²) in [5.41, 5.74) is 5.02. The van der Waals surface area contributed by atoms with Gasteiger partial charge in [0, 0.05) is 20.3 Å². The fourth-order valence-corrected chi connectivity index (χ4v) is 2.75. The average molecular weight is 258 g/mol. The van der Waals surface area contributed by atoms with Crippen molar-refractivity contribution >= 4 is 5.97 Å². The Kier molecular flexibility index (Phi) is 6.05. The molecule has 0 aromatic rings. The van der Waals surface area contributed by atoms with Crippen molar-refractivity contribution in [2.75, 3.05) is 33.9 Å². The van der Waals surface area contributed by atoms with Crippen molar-refractivity contribution in [1.29, 1.82) is 0 Å². The lowest BCUT2D eigenvalue weighted by molar-refractivity contribution is -0.144. The Morgan fingerprint density at radius 1 is 1.56 bits per heavy atom. The minimum Gasteiger partial charge on any atom is -0.480 e. The van der Waals surface area contributed by atoms with Crippen molar-refractivity contribution in [3.8, 4) is 0 Å². The predicted octanol–water partition coefficient (Wildman–Crippen LogP) is 0.927. The van der Waals surface area contributed by atoms with Gasteiger partial charge in [0.15, 0.2) is 0 Å². The molecule has 1 fully saturated rings. The summed E-state index contributed by atoms with van der Waals surface area (Å²) in [4.78, 5) is 13.5. The van der Waals surface area contributed by atoms with Crippen LogP contribution < -0.4 is 5.73 Å². The summed E-state index contributed by atoms with van der Waals surface area (Å²) in [6.07, 6.45) is 4.35. The number of nitrogens with two attached hydrogens (primary N) is 1. The third-order valence-corrected chi connectivity index (χ3v) is 4.02. The van der Waals surface area contributed by atoms with Crippen molar-refractivity contribution in [2.45, 2.75) is 37.6 Å². The molecule has 0 bridgehead atoms. The first-order valence-electron chi connectivity index (χ1n) is 6.70. The fraction of sp³-hybridized carbons (Fsp3) is 0.923. The standard InChI is InChI=1S/C13H26N2O3/c1-15(8-4-10-18-2)9-6-11-5-3-7-13(11,14)12(16)17/h11H,3-10,14H2,1-2H3,(H,16,17). The summed E-state index contributed by atoms with van der Waals surface area (Å²) >= 11 is 0. The van der Waals surface area contributed by atoms with Crippen LogP contribution in [0.3, 0.4) is 0 Å². The van der Waals surface area contributed by atoms with Crippen LogP contribution in [0.1, 0.15) is 32.1 Å². The predicted molar refractivity (Wildman–Crippen MR) is 70.5 cm³/mol. The number of methoxy groups -OCH3 is 1. The number of ether oxygens (including phenoxy) is 1. The van der Waals surface area contributed by atoms with Gasteiger partial charge in [-0.05, 0) is 45.2 Å². The maximum atomic E-state index is 11.2. The highest BCUT2D eigenvalue weighted by molar-refractivity contribution is 5.79. The lowest BCUT2D eigenvalue weighted by Crippen LogP contribution is -2.51. The molecule has 2 atom stereocenters. The molecule has 0 aliphatic heterocycles. The van der Waals surface area contributed by atoms with E-state index in [1.165, 1.54) is 0 Å². The summed E-state index contributed by atoms with van der Waals surface area (Å²) in [5.74, 6) is -0.730. The van der Waals surface area contributed by atoms with E-state index in [2.05, 4.69) is 11.9 Å². The van der Waals surface area contributed by atoms with E-state index in [0.717, 1.165) is 45.4 Å². The molecule has 0 aromatic carbocycles. The van der Waals surface area contributed by atoms with Crippen LogP contribution in [0, 0.1) is 5.92 Å². The topological polar surface area (TPSA) is 75.8 Å². The van der Waals surface area contributed by atoms with Gasteiger partial charge < -0.3 is 20.5 Å². The molecule has 1 rings (SSSR count). The summed E-state index contributed by atoms with van der Waals surface area (Å²) in [6, 6.07) is 0. The number of nitrogens with zero attached hydrogens (tertiary/aromatic N) is 1. The normalized spacial score (nSPS) is 27.9. The second-order valence-electron chi connectivity index (χ2n) is 5.37. The molecule has 1 aliphatic rings. The van der Waals surface area contributed by atoms with E-state index in [-0.39, 0.29) is 5.92 Å². The van der Waals surface area contributed by atoms with E-state index >= 15 is 0 Å². The zero-order chi connectivity index (χ0) is 13.6. The number of carbonyl (C=O) groups is 1. The number of carboxylic acids is 1. The van der Waals surface area contributed by atoms with Gasteiger partial charge >= 0.3 is 5.97 Å². The number of carboxylic acid groups (broad SMARTS) is 1. The monoisotopic (exact) mass is 258 g/mol.